The molecule has 0 unspecified atom stereocenters. The van der Waals surface area contributed by atoms with Gasteiger partial charge < -0.3 is 0 Å². The van der Waals surface area contributed by atoms with Crippen LogP contribution in [-0.2, 0) is 19.3 Å². The summed E-state index contributed by atoms with van der Waals surface area (Å²) < 4.78 is 26.9. The van der Waals surface area contributed by atoms with Gasteiger partial charge in [0.15, 0.2) is 6.10 Å². The summed E-state index contributed by atoms with van der Waals surface area (Å²) in [5.74, 6) is -0.493. The molecule has 11 heavy (non-hydrogen) atoms. The molecule has 0 N–H and O–H groups in total. The van der Waals surface area contributed by atoms with Crippen molar-refractivity contribution in [3.05, 3.63) is 0 Å². The zero-order valence-electron chi connectivity index (χ0n) is 6.27. The lowest BCUT2D eigenvalue weighted by Gasteiger charge is -2.07. The smallest absolute Gasteiger partial charge is 0.271 e. The highest BCUT2D eigenvalue weighted by Gasteiger charge is 2.40. The van der Waals surface area contributed by atoms with Gasteiger partial charge >= 0.3 is 10.3 Å². The fraction of sp³-hybridized carbons (Fsp3) is 0.800. The van der Waals surface area contributed by atoms with Gasteiger partial charge in [-0.25, -0.2) is 8.49 Å². The highest BCUT2D eigenvalue weighted by Crippen LogP contribution is 2.17. The molecule has 0 aliphatic carbocycles. The molecule has 0 spiro atoms. The third-order valence-corrected chi connectivity index (χ3v) is 2.93. The fourth-order valence-electron chi connectivity index (χ4n) is 0.902. The summed E-state index contributed by atoms with van der Waals surface area (Å²) in [5, 5.41) is 0. The molecular formula is C5H9NO4S. The predicted molar refractivity (Wildman–Crippen MR) is 36.9 cm³/mol. The first kappa shape index (κ1) is 8.48. The van der Waals surface area contributed by atoms with Gasteiger partial charge in [0.2, 0.25) is 0 Å². The summed E-state index contributed by atoms with van der Waals surface area (Å²) >= 11 is 0. The Labute approximate surface area is 65.2 Å². The molecule has 6 heteroatoms. The van der Waals surface area contributed by atoms with Crippen LogP contribution in [-0.4, -0.2) is 31.3 Å². The normalized spacial score (nSPS) is 29.5. The van der Waals surface area contributed by atoms with Crippen LogP contribution in [0.1, 0.15) is 13.8 Å². The monoisotopic (exact) mass is 179 g/mol. The molecule has 64 valence electrons. The summed E-state index contributed by atoms with van der Waals surface area (Å²) in [6.45, 7) is 3.12. The van der Waals surface area contributed by atoms with Gasteiger partial charge in [0.25, 0.3) is 5.91 Å². The van der Waals surface area contributed by atoms with E-state index in [9.17, 15) is 13.2 Å². The maximum Gasteiger partial charge on any atom is 0.365 e. The van der Waals surface area contributed by atoms with Crippen molar-refractivity contribution >= 4 is 16.2 Å². The molecule has 0 radical (unpaired) electrons. The first-order chi connectivity index (χ1) is 4.99. The zero-order valence-corrected chi connectivity index (χ0v) is 7.09. The Kier molecular flexibility index (Phi) is 1.89. The molecule has 0 aromatic rings. The maximum absolute atomic E-state index is 11.0. The number of nitrogens with zero attached hydrogens (tertiary/aromatic N) is 1. The molecule has 1 aliphatic rings. The Bertz CT molecular complexity index is 270. The Hall–Kier alpha value is -0.620. The standard InChI is InChI=1S/C5H9NO4S/c1-3-6-5(7)4(2)10-11(6,8)9/h4H,3H2,1-2H3/t4-/m0/s1. The van der Waals surface area contributed by atoms with Crippen molar-refractivity contribution in [1.82, 2.24) is 4.31 Å². The van der Waals surface area contributed by atoms with E-state index in [2.05, 4.69) is 4.18 Å². The second-order valence-electron chi connectivity index (χ2n) is 2.20. The molecule has 0 saturated carbocycles. The van der Waals surface area contributed by atoms with Gasteiger partial charge in [0, 0.05) is 6.54 Å². The van der Waals surface area contributed by atoms with E-state index in [-0.39, 0.29) is 6.54 Å². The van der Waals surface area contributed by atoms with E-state index in [1.165, 1.54) is 6.92 Å². The van der Waals surface area contributed by atoms with Crippen LogP contribution in [0.25, 0.3) is 0 Å². The van der Waals surface area contributed by atoms with Crippen molar-refractivity contribution in [2.24, 2.45) is 0 Å². The lowest BCUT2D eigenvalue weighted by molar-refractivity contribution is -0.128. The van der Waals surface area contributed by atoms with Gasteiger partial charge in [-0.2, -0.15) is 8.42 Å². The Balaban J connectivity index is 3.01. The lowest BCUT2D eigenvalue weighted by Crippen LogP contribution is -2.30. The van der Waals surface area contributed by atoms with E-state index in [4.69, 9.17) is 0 Å². The van der Waals surface area contributed by atoms with Crippen molar-refractivity contribution in [2.45, 2.75) is 20.0 Å². The summed E-state index contributed by atoms with van der Waals surface area (Å²) in [4.78, 5) is 11.0. The van der Waals surface area contributed by atoms with Crippen LogP contribution in [0.2, 0.25) is 0 Å². The fourth-order valence-corrected chi connectivity index (χ4v) is 2.14. The molecule has 1 heterocycles. The molecule has 5 nitrogen and oxygen atoms in total. The average Bonchev–Trinajstić information content (AvgIpc) is 2.03. The van der Waals surface area contributed by atoms with Crippen molar-refractivity contribution in [1.29, 1.82) is 0 Å². The minimum absolute atomic E-state index is 0.130. The van der Waals surface area contributed by atoms with E-state index >= 15 is 0 Å². The Morgan fingerprint density at radius 2 is 2.18 bits per heavy atom. The molecule has 1 saturated heterocycles. The SMILES string of the molecule is CCN1C(=O)[C@H](C)OS1(=O)=O. The first-order valence-electron chi connectivity index (χ1n) is 3.24. The predicted octanol–water partition coefficient (Wildman–Crippen LogP) is -0.502. The molecule has 1 fully saturated rings. The number of rotatable bonds is 1. The molecule has 1 atom stereocenters. The minimum Gasteiger partial charge on any atom is -0.271 e. The van der Waals surface area contributed by atoms with E-state index in [0.29, 0.717) is 0 Å². The number of likely N-dealkylation sites (N-methyl/N-ethyl adjacent to an activating group) is 1. The molecule has 1 rings (SSSR count). The number of amides is 1. The number of hydrogen-bond donors (Lipinski definition) is 0. The van der Waals surface area contributed by atoms with Crippen LogP contribution >= 0.6 is 0 Å². The van der Waals surface area contributed by atoms with Crippen molar-refractivity contribution in [3.63, 3.8) is 0 Å². The highest BCUT2D eigenvalue weighted by atomic mass is 32.2. The number of hydrogen-bond acceptors (Lipinski definition) is 4. The van der Waals surface area contributed by atoms with E-state index in [1.807, 2.05) is 0 Å². The molecule has 0 aromatic carbocycles. The Morgan fingerprint density at radius 1 is 1.64 bits per heavy atom. The third-order valence-electron chi connectivity index (χ3n) is 1.42. The van der Waals surface area contributed by atoms with Crippen LogP contribution in [0.4, 0.5) is 0 Å². The van der Waals surface area contributed by atoms with Crippen LogP contribution in [0.5, 0.6) is 0 Å². The summed E-state index contributed by atoms with van der Waals surface area (Å²) in [6.07, 6.45) is -0.861. The molecule has 1 amide bonds. The van der Waals surface area contributed by atoms with Crippen LogP contribution in [0.3, 0.4) is 0 Å². The number of carbonyl (C=O) groups is 1. The molecule has 0 aromatic heterocycles. The quantitative estimate of drug-likeness (QED) is 0.544. The van der Waals surface area contributed by atoms with Gasteiger partial charge in [-0.05, 0) is 13.8 Å². The summed E-state index contributed by atoms with van der Waals surface area (Å²) in [5.41, 5.74) is 0. The van der Waals surface area contributed by atoms with Gasteiger partial charge in [-0.1, -0.05) is 0 Å². The Morgan fingerprint density at radius 3 is 2.36 bits per heavy atom. The van der Waals surface area contributed by atoms with Gasteiger partial charge in [-0.15, -0.1) is 0 Å². The molecule has 1 aliphatic heterocycles. The second-order valence-corrected chi connectivity index (χ2v) is 3.69. The maximum atomic E-state index is 11.0. The van der Waals surface area contributed by atoms with Gasteiger partial charge in [0.1, 0.15) is 0 Å². The van der Waals surface area contributed by atoms with Crippen molar-refractivity contribution < 1.29 is 17.4 Å². The second kappa shape index (κ2) is 2.46. The van der Waals surface area contributed by atoms with E-state index in [0.717, 1.165) is 4.31 Å². The first-order valence-corrected chi connectivity index (χ1v) is 4.60. The third kappa shape index (κ3) is 1.23. The van der Waals surface area contributed by atoms with Crippen molar-refractivity contribution in [3.8, 4) is 0 Å². The molecular weight excluding hydrogens is 170 g/mol. The largest absolute Gasteiger partial charge is 0.365 e. The minimum atomic E-state index is -3.75. The van der Waals surface area contributed by atoms with E-state index in [1.54, 1.807) is 6.92 Å². The van der Waals surface area contributed by atoms with Gasteiger partial charge in [-0.3, -0.25) is 4.79 Å². The van der Waals surface area contributed by atoms with Gasteiger partial charge in [0.05, 0.1) is 0 Å². The summed E-state index contributed by atoms with van der Waals surface area (Å²) in [7, 11) is -3.75. The van der Waals surface area contributed by atoms with Crippen molar-refractivity contribution in [2.75, 3.05) is 6.54 Å². The average molecular weight is 179 g/mol. The topological polar surface area (TPSA) is 63.7 Å². The number of carbonyl (C=O) groups excluding carboxylic acids is 1. The lowest BCUT2D eigenvalue weighted by atomic mass is 10.4. The highest BCUT2D eigenvalue weighted by molar-refractivity contribution is 7.85. The van der Waals surface area contributed by atoms with Crippen LogP contribution in [0, 0.1) is 0 Å². The molecule has 0 bridgehead atoms. The van der Waals surface area contributed by atoms with Crippen LogP contribution < -0.4 is 0 Å². The van der Waals surface area contributed by atoms with Crippen LogP contribution in [0.15, 0.2) is 0 Å². The summed E-state index contributed by atoms with van der Waals surface area (Å²) in [6, 6.07) is 0. The van der Waals surface area contributed by atoms with E-state index < -0.39 is 22.3 Å². The zero-order chi connectivity index (χ0) is 8.65.